The third-order valence-corrected chi connectivity index (χ3v) is 1.49. The molecule has 2 N–H and O–H groups in total. The first-order valence-corrected chi connectivity index (χ1v) is 3.55. The predicted octanol–water partition coefficient (Wildman–Crippen LogP) is 1.21. The summed E-state index contributed by atoms with van der Waals surface area (Å²) in [6.45, 7) is 0. The number of benzene rings is 1. The van der Waals surface area contributed by atoms with Gasteiger partial charge in [0.1, 0.15) is 0 Å². The fourth-order valence-corrected chi connectivity index (χ4v) is 0.843. The van der Waals surface area contributed by atoms with Gasteiger partial charge in [-0.05, 0) is 12.1 Å². The van der Waals surface area contributed by atoms with Crippen LogP contribution in [0, 0.1) is 10.1 Å². The number of rotatable bonds is 3. The molecule has 0 atom stereocenters. The summed E-state index contributed by atoms with van der Waals surface area (Å²) in [5.74, 6) is 0. The van der Waals surface area contributed by atoms with E-state index in [0.29, 0.717) is 5.06 Å². The zero-order valence-corrected chi connectivity index (χ0v) is 6.94. The quantitative estimate of drug-likeness (QED) is 0.249. The standard InChI is InChI=1S/C7H7N3O4/c11-8-5-9(12)6-1-3-7(4-2-6)10(13)14/h1-5,11-12H. The molecule has 1 aromatic carbocycles. The smallest absolute Gasteiger partial charge is 0.269 e. The maximum Gasteiger partial charge on any atom is 0.269 e. The number of nitro groups is 1. The van der Waals surface area contributed by atoms with Crippen molar-refractivity contribution in [3.05, 3.63) is 34.4 Å². The van der Waals surface area contributed by atoms with Crippen molar-refractivity contribution in [3.8, 4) is 0 Å². The Hall–Kier alpha value is -2.15. The molecule has 0 aliphatic heterocycles. The zero-order valence-electron chi connectivity index (χ0n) is 6.94. The summed E-state index contributed by atoms with van der Waals surface area (Å²) in [5, 5.41) is 30.6. The number of oxime groups is 1. The lowest BCUT2D eigenvalue weighted by molar-refractivity contribution is -0.384. The van der Waals surface area contributed by atoms with Gasteiger partial charge in [0.2, 0.25) is 0 Å². The van der Waals surface area contributed by atoms with Crippen LogP contribution in [-0.2, 0) is 0 Å². The van der Waals surface area contributed by atoms with Crippen molar-refractivity contribution in [2.45, 2.75) is 0 Å². The van der Waals surface area contributed by atoms with Gasteiger partial charge in [0.25, 0.3) is 5.69 Å². The van der Waals surface area contributed by atoms with Crippen LogP contribution in [-0.4, -0.2) is 21.7 Å². The van der Waals surface area contributed by atoms with Gasteiger partial charge in [0.15, 0.2) is 6.34 Å². The third-order valence-electron chi connectivity index (χ3n) is 1.49. The molecule has 0 fully saturated rings. The minimum atomic E-state index is -0.550. The van der Waals surface area contributed by atoms with E-state index in [1.54, 1.807) is 0 Å². The van der Waals surface area contributed by atoms with E-state index in [0.717, 1.165) is 6.34 Å². The second kappa shape index (κ2) is 4.19. The average molecular weight is 197 g/mol. The van der Waals surface area contributed by atoms with Gasteiger partial charge in [0, 0.05) is 12.1 Å². The second-order valence-electron chi connectivity index (χ2n) is 2.35. The third kappa shape index (κ3) is 2.17. The Morgan fingerprint density at radius 3 is 2.43 bits per heavy atom. The van der Waals surface area contributed by atoms with E-state index in [9.17, 15) is 10.1 Å². The van der Waals surface area contributed by atoms with Crippen LogP contribution in [0.25, 0.3) is 0 Å². The molecule has 0 unspecified atom stereocenters. The molecule has 1 rings (SSSR count). The van der Waals surface area contributed by atoms with Gasteiger partial charge in [-0.2, -0.15) is 0 Å². The summed E-state index contributed by atoms with van der Waals surface area (Å²) >= 11 is 0. The topological polar surface area (TPSA) is 99.2 Å². The van der Waals surface area contributed by atoms with Crippen molar-refractivity contribution in [1.82, 2.24) is 0 Å². The lowest BCUT2D eigenvalue weighted by Gasteiger charge is -2.08. The molecule has 1 aromatic rings. The Morgan fingerprint density at radius 1 is 1.43 bits per heavy atom. The van der Waals surface area contributed by atoms with E-state index in [4.69, 9.17) is 10.4 Å². The summed E-state index contributed by atoms with van der Waals surface area (Å²) in [6.07, 6.45) is 0.751. The number of nitro benzene ring substituents is 1. The van der Waals surface area contributed by atoms with Crippen molar-refractivity contribution < 1.29 is 15.3 Å². The fraction of sp³-hybridized carbons (Fsp3) is 0. The number of hydrogen-bond donors (Lipinski definition) is 2. The van der Waals surface area contributed by atoms with Crippen LogP contribution in [0.4, 0.5) is 11.4 Å². The average Bonchev–Trinajstić information content (AvgIpc) is 2.18. The molecule has 74 valence electrons. The molecular formula is C7H7N3O4. The number of hydroxylamine groups is 1. The van der Waals surface area contributed by atoms with Crippen LogP contribution in [0.2, 0.25) is 0 Å². The Kier molecular flexibility index (Phi) is 2.97. The van der Waals surface area contributed by atoms with E-state index in [1.165, 1.54) is 24.3 Å². The summed E-state index contributed by atoms with van der Waals surface area (Å²) in [4.78, 5) is 9.72. The lowest BCUT2D eigenvalue weighted by Crippen LogP contribution is -2.14. The molecule has 0 saturated carbocycles. The SMILES string of the molecule is O=[N+]([O-])c1ccc(N(O)C=NO)cc1. The first-order chi connectivity index (χ1) is 6.65. The molecule has 7 nitrogen and oxygen atoms in total. The maximum absolute atomic E-state index is 10.3. The molecule has 0 saturated heterocycles. The van der Waals surface area contributed by atoms with E-state index < -0.39 is 4.92 Å². The molecule has 14 heavy (non-hydrogen) atoms. The van der Waals surface area contributed by atoms with Crippen molar-refractivity contribution >= 4 is 17.7 Å². The molecule has 0 aliphatic rings. The van der Waals surface area contributed by atoms with Crippen LogP contribution in [0.3, 0.4) is 0 Å². The highest BCUT2D eigenvalue weighted by Gasteiger charge is 2.05. The lowest BCUT2D eigenvalue weighted by atomic mass is 10.3. The maximum atomic E-state index is 10.3. The molecule has 0 radical (unpaired) electrons. The molecule has 0 heterocycles. The Balaban J connectivity index is 2.88. The monoisotopic (exact) mass is 197 g/mol. The highest BCUT2D eigenvalue weighted by Crippen LogP contribution is 2.17. The Morgan fingerprint density at radius 2 is 2.00 bits per heavy atom. The second-order valence-corrected chi connectivity index (χ2v) is 2.35. The highest BCUT2D eigenvalue weighted by atomic mass is 16.6. The Labute approximate surface area is 78.6 Å². The number of hydrogen-bond acceptors (Lipinski definition) is 5. The zero-order chi connectivity index (χ0) is 10.6. The first kappa shape index (κ1) is 9.93. The summed E-state index contributed by atoms with van der Waals surface area (Å²) in [6, 6.07) is 5.09. The van der Waals surface area contributed by atoms with Gasteiger partial charge >= 0.3 is 0 Å². The van der Waals surface area contributed by atoms with E-state index >= 15 is 0 Å². The van der Waals surface area contributed by atoms with Gasteiger partial charge in [-0.15, -0.1) is 0 Å². The number of non-ortho nitro benzene ring substituents is 1. The van der Waals surface area contributed by atoms with E-state index in [1.807, 2.05) is 0 Å². The van der Waals surface area contributed by atoms with Crippen molar-refractivity contribution in [2.24, 2.45) is 5.16 Å². The van der Waals surface area contributed by atoms with Crippen molar-refractivity contribution in [2.75, 3.05) is 5.06 Å². The number of anilines is 1. The Bertz CT molecular complexity index is 348. The summed E-state index contributed by atoms with van der Waals surface area (Å²) in [7, 11) is 0. The van der Waals surface area contributed by atoms with Gasteiger partial charge in [0.05, 0.1) is 10.6 Å². The minimum absolute atomic E-state index is 0.0805. The molecule has 0 aliphatic carbocycles. The molecule has 0 aromatic heterocycles. The van der Waals surface area contributed by atoms with Crippen LogP contribution < -0.4 is 5.06 Å². The fourth-order valence-electron chi connectivity index (χ4n) is 0.843. The van der Waals surface area contributed by atoms with Crippen LogP contribution in [0.5, 0.6) is 0 Å². The van der Waals surface area contributed by atoms with Crippen molar-refractivity contribution in [3.63, 3.8) is 0 Å². The predicted molar refractivity (Wildman–Crippen MR) is 47.6 cm³/mol. The molecule has 0 spiro atoms. The van der Waals surface area contributed by atoms with Gasteiger partial charge in [-0.25, -0.2) is 5.06 Å². The van der Waals surface area contributed by atoms with E-state index in [-0.39, 0.29) is 11.4 Å². The molecule has 0 bridgehead atoms. The van der Waals surface area contributed by atoms with Crippen molar-refractivity contribution in [1.29, 1.82) is 0 Å². The number of nitrogens with zero attached hydrogens (tertiary/aromatic N) is 3. The van der Waals surface area contributed by atoms with Gasteiger partial charge in [-0.1, -0.05) is 5.16 Å². The van der Waals surface area contributed by atoms with Gasteiger partial charge < -0.3 is 5.21 Å². The molecule has 7 heteroatoms. The first-order valence-electron chi connectivity index (χ1n) is 3.55. The van der Waals surface area contributed by atoms with Crippen LogP contribution >= 0.6 is 0 Å². The largest absolute Gasteiger partial charge is 0.410 e. The summed E-state index contributed by atoms with van der Waals surface area (Å²) in [5.41, 5.74) is 0.177. The summed E-state index contributed by atoms with van der Waals surface area (Å²) < 4.78 is 0. The van der Waals surface area contributed by atoms with E-state index in [2.05, 4.69) is 5.16 Å². The van der Waals surface area contributed by atoms with Crippen LogP contribution in [0.1, 0.15) is 0 Å². The highest BCUT2D eigenvalue weighted by molar-refractivity contribution is 5.75. The normalized spacial score (nSPS) is 10.4. The molecular weight excluding hydrogens is 190 g/mol. The van der Waals surface area contributed by atoms with Gasteiger partial charge in [-0.3, -0.25) is 15.3 Å². The van der Waals surface area contributed by atoms with Crippen LogP contribution in [0.15, 0.2) is 29.4 Å². The molecule has 0 amide bonds. The minimum Gasteiger partial charge on any atom is -0.410 e.